The maximum atomic E-state index is 12.0. The van der Waals surface area contributed by atoms with Crippen LogP contribution in [0.2, 0.25) is 0 Å². The van der Waals surface area contributed by atoms with Gasteiger partial charge in [0.25, 0.3) is 5.56 Å². The van der Waals surface area contributed by atoms with Gasteiger partial charge in [0.05, 0.1) is 6.54 Å². The van der Waals surface area contributed by atoms with Crippen LogP contribution in [0.3, 0.4) is 0 Å². The van der Waals surface area contributed by atoms with Gasteiger partial charge in [-0.2, -0.15) is 0 Å². The van der Waals surface area contributed by atoms with Gasteiger partial charge in [0.1, 0.15) is 10.7 Å². The standard InChI is InChI=1S/C11H13BrN4OS/c1-3-13-10-9(14-15-18-10)6-16-5-8(12)4-7(2)11(16)17/h4-5,13H,3,6H2,1-2H3. The molecule has 0 aromatic carbocycles. The summed E-state index contributed by atoms with van der Waals surface area (Å²) in [5, 5.41) is 8.17. The Morgan fingerprint density at radius 2 is 2.33 bits per heavy atom. The average Bonchev–Trinajstić information content (AvgIpc) is 2.73. The van der Waals surface area contributed by atoms with E-state index in [1.165, 1.54) is 11.5 Å². The quantitative estimate of drug-likeness (QED) is 0.935. The van der Waals surface area contributed by atoms with E-state index in [1.807, 2.05) is 13.0 Å². The van der Waals surface area contributed by atoms with Crippen molar-refractivity contribution in [2.75, 3.05) is 11.9 Å². The third kappa shape index (κ3) is 2.78. The Hall–Kier alpha value is -1.21. The van der Waals surface area contributed by atoms with Crippen molar-refractivity contribution >= 4 is 32.5 Å². The summed E-state index contributed by atoms with van der Waals surface area (Å²) in [7, 11) is 0. The third-order valence-corrected chi connectivity index (χ3v) is 3.60. The van der Waals surface area contributed by atoms with E-state index in [4.69, 9.17) is 0 Å². The van der Waals surface area contributed by atoms with Crippen molar-refractivity contribution in [2.24, 2.45) is 0 Å². The maximum Gasteiger partial charge on any atom is 0.253 e. The van der Waals surface area contributed by atoms with E-state index in [-0.39, 0.29) is 5.56 Å². The molecule has 2 aromatic heterocycles. The topological polar surface area (TPSA) is 59.8 Å². The fraction of sp³-hybridized carbons (Fsp3) is 0.364. The average molecular weight is 329 g/mol. The Morgan fingerprint density at radius 3 is 3.06 bits per heavy atom. The highest BCUT2D eigenvalue weighted by molar-refractivity contribution is 9.10. The molecular formula is C11H13BrN4OS. The first-order valence-electron chi connectivity index (χ1n) is 5.53. The number of aryl methyl sites for hydroxylation is 1. The minimum atomic E-state index is -0.00588. The van der Waals surface area contributed by atoms with Crippen LogP contribution in [0.5, 0.6) is 0 Å². The zero-order chi connectivity index (χ0) is 13.1. The molecule has 0 aliphatic carbocycles. The van der Waals surface area contributed by atoms with Gasteiger partial charge in [-0.15, -0.1) is 5.10 Å². The van der Waals surface area contributed by atoms with Crippen molar-refractivity contribution in [3.8, 4) is 0 Å². The number of anilines is 1. The van der Waals surface area contributed by atoms with Crippen LogP contribution in [0.15, 0.2) is 21.5 Å². The van der Waals surface area contributed by atoms with Gasteiger partial charge in [0.15, 0.2) is 0 Å². The molecule has 0 fully saturated rings. The molecule has 2 rings (SSSR count). The van der Waals surface area contributed by atoms with Crippen LogP contribution in [0.1, 0.15) is 18.2 Å². The van der Waals surface area contributed by atoms with Crippen molar-refractivity contribution < 1.29 is 0 Å². The van der Waals surface area contributed by atoms with E-state index >= 15 is 0 Å². The summed E-state index contributed by atoms with van der Waals surface area (Å²) >= 11 is 4.70. The monoisotopic (exact) mass is 328 g/mol. The van der Waals surface area contributed by atoms with Crippen molar-refractivity contribution in [1.29, 1.82) is 0 Å². The lowest BCUT2D eigenvalue weighted by Crippen LogP contribution is -2.22. The summed E-state index contributed by atoms with van der Waals surface area (Å²) in [5.74, 6) is 0. The largest absolute Gasteiger partial charge is 0.374 e. The number of hydrogen-bond acceptors (Lipinski definition) is 5. The molecule has 0 saturated carbocycles. The Morgan fingerprint density at radius 1 is 1.56 bits per heavy atom. The molecule has 5 nitrogen and oxygen atoms in total. The molecule has 18 heavy (non-hydrogen) atoms. The second-order valence-corrected chi connectivity index (χ2v) is 5.52. The highest BCUT2D eigenvalue weighted by Gasteiger charge is 2.10. The molecule has 2 aromatic rings. The normalized spacial score (nSPS) is 10.6. The molecule has 0 radical (unpaired) electrons. The highest BCUT2D eigenvalue weighted by atomic mass is 79.9. The van der Waals surface area contributed by atoms with Crippen LogP contribution in [0, 0.1) is 6.92 Å². The number of nitrogens with zero attached hydrogens (tertiary/aromatic N) is 3. The number of hydrogen-bond donors (Lipinski definition) is 1. The summed E-state index contributed by atoms with van der Waals surface area (Å²) in [4.78, 5) is 12.0. The van der Waals surface area contributed by atoms with Gasteiger partial charge in [0, 0.05) is 34.3 Å². The van der Waals surface area contributed by atoms with Gasteiger partial charge < -0.3 is 9.88 Å². The van der Waals surface area contributed by atoms with Crippen molar-refractivity contribution in [2.45, 2.75) is 20.4 Å². The summed E-state index contributed by atoms with van der Waals surface area (Å²) in [5.41, 5.74) is 1.49. The lowest BCUT2D eigenvalue weighted by atomic mass is 10.3. The van der Waals surface area contributed by atoms with Gasteiger partial charge in [-0.05, 0) is 35.8 Å². The summed E-state index contributed by atoms with van der Waals surface area (Å²) in [6.07, 6.45) is 1.77. The SMILES string of the molecule is CCNc1snnc1Cn1cc(Br)cc(C)c1=O. The van der Waals surface area contributed by atoms with Crippen molar-refractivity contribution in [1.82, 2.24) is 14.2 Å². The highest BCUT2D eigenvalue weighted by Crippen LogP contribution is 2.18. The Balaban J connectivity index is 2.34. The van der Waals surface area contributed by atoms with Crippen LogP contribution in [0.4, 0.5) is 5.00 Å². The zero-order valence-corrected chi connectivity index (χ0v) is 12.5. The Bertz CT molecular complexity index is 607. The molecular weight excluding hydrogens is 316 g/mol. The van der Waals surface area contributed by atoms with E-state index in [0.29, 0.717) is 12.1 Å². The molecule has 0 amide bonds. The lowest BCUT2D eigenvalue weighted by Gasteiger charge is -2.07. The molecule has 96 valence electrons. The maximum absolute atomic E-state index is 12.0. The number of aromatic nitrogens is 3. The molecule has 0 atom stereocenters. The van der Waals surface area contributed by atoms with Crippen LogP contribution >= 0.6 is 27.5 Å². The van der Waals surface area contributed by atoms with E-state index in [9.17, 15) is 4.79 Å². The smallest absolute Gasteiger partial charge is 0.253 e. The van der Waals surface area contributed by atoms with Crippen molar-refractivity contribution in [3.63, 3.8) is 0 Å². The lowest BCUT2D eigenvalue weighted by molar-refractivity contribution is 0.727. The van der Waals surface area contributed by atoms with E-state index in [0.717, 1.165) is 21.7 Å². The Kier molecular flexibility index (Phi) is 4.13. The van der Waals surface area contributed by atoms with E-state index < -0.39 is 0 Å². The van der Waals surface area contributed by atoms with Gasteiger partial charge >= 0.3 is 0 Å². The van der Waals surface area contributed by atoms with E-state index in [1.54, 1.807) is 17.7 Å². The number of nitrogens with one attached hydrogen (secondary N) is 1. The molecule has 0 aliphatic heterocycles. The predicted molar refractivity (Wildman–Crippen MR) is 76.3 cm³/mol. The third-order valence-electron chi connectivity index (χ3n) is 2.44. The van der Waals surface area contributed by atoms with Crippen LogP contribution < -0.4 is 10.9 Å². The molecule has 1 N–H and O–H groups in total. The summed E-state index contributed by atoms with van der Waals surface area (Å²) in [6.45, 7) is 5.05. The molecule has 0 spiro atoms. The van der Waals surface area contributed by atoms with Crippen LogP contribution in [0.25, 0.3) is 0 Å². The molecule has 0 saturated heterocycles. The predicted octanol–water partition coefficient (Wildman–Crippen LogP) is 2.25. The first kappa shape index (κ1) is 13.2. The van der Waals surface area contributed by atoms with Crippen LogP contribution in [-0.2, 0) is 6.54 Å². The zero-order valence-electron chi connectivity index (χ0n) is 10.1. The molecule has 0 bridgehead atoms. The summed E-state index contributed by atoms with van der Waals surface area (Å²) < 4.78 is 6.43. The van der Waals surface area contributed by atoms with Gasteiger partial charge in [-0.25, -0.2) is 0 Å². The van der Waals surface area contributed by atoms with Crippen molar-refractivity contribution in [3.05, 3.63) is 38.3 Å². The fourth-order valence-electron chi connectivity index (χ4n) is 1.63. The first-order chi connectivity index (χ1) is 8.61. The van der Waals surface area contributed by atoms with Gasteiger partial charge in [-0.3, -0.25) is 4.79 Å². The Labute approximate surface area is 117 Å². The van der Waals surface area contributed by atoms with Gasteiger partial charge in [-0.1, -0.05) is 4.49 Å². The fourth-order valence-corrected chi connectivity index (χ4v) is 2.86. The van der Waals surface area contributed by atoms with Crippen LogP contribution in [-0.4, -0.2) is 20.7 Å². The number of halogens is 1. The molecule has 2 heterocycles. The minimum Gasteiger partial charge on any atom is -0.374 e. The molecule has 0 aliphatic rings. The molecule has 7 heteroatoms. The van der Waals surface area contributed by atoms with E-state index in [2.05, 4.69) is 30.8 Å². The number of rotatable bonds is 4. The minimum absolute atomic E-state index is 0.00588. The molecule has 0 unspecified atom stereocenters. The second-order valence-electron chi connectivity index (χ2n) is 3.85. The van der Waals surface area contributed by atoms with Gasteiger partial charge in [0.2, 0.25) is 0 Å². The number of pyridine rings is 1. The summed E-state index contributed by atoms with van der Waals surface area (Å²) in [6, 6.07) is 1.81. The second kappa shape index (κ2) is 5.62. The first-order valence-corrected chi connectivity index (χ1v) is 7.10.